The van der Waals surface area contributed by atoms with Crippen molar-refractivity contribution in [1.82, 2.24) is 4.90 Å². The molecule has 1 heterocycles. The van der Waals surface area contributed by atoms with Crippen molar-refractivity contribution in [2.24, 2.45) is 11.7 Å². The molecule has 1 fully saturated rings. The minimum Gasteiger partial charge on any atom is -0.378 e. The van der Waals surface area contributed by atoms with Crippen LogP contribution >= 0.6 is 0 Å². The highest BCUT2D eigenvalue weighted by Crippen LogP contribution is 2.24. The average molecular weight is 268 g/mol. The lowest BCUT2D eigenvalue weighted by atomic mass is 9.98. The summed E-state index contributed by atoms with van der Waals surface area (Å²) in [6.07, 6.45) is 8.36. The summed E-state index contributed by atoms with van der Waals surface area (Å²) in [6.45, 7) is 6.65. The van der Waals surface area contributed by atoms with Crippen molar-refractivity contribution < 1.29 is 9.90 Å². The smallest absolute Gasteiger partial charge is 0.234 e. The van der Waals surface area contributed by atoms with Crippen LogP contribution in [0.5, 0.6) is 0 Å². The highest BCUT2D eigenvalue weighted by molar-refractivity contribution is 5.80. The Morgan fingerprint density at radius 3 is 2.95 bits per heavy atom. The first-order valence-corrected chi connectivity index (χ1v) is 7.40. The van der Waals surface area contributed by atoms with Crippen molar-refractivity contribution in [2.45, 2.75) is 64.1 Å². The number of likely N-dealkylation sites (tertiary alicyclic amines) is 1. The molecule has 0 aromatic rings. The fourth-order valence-corrected chi connectivity index (χ4v) is 2.85. The lowest BCUT2D eigenvalue weighted by Gasteiger charge is -2.29. The maximum Gasteiger partial charge on any atom is 0.234 e. The second-order valence-corrected chi connectivity index (χ2v) is 5.69. The van der Waals surface area contributed by atoms with Gasteiger partial charge in [-0.05, 0) is 38.0 Å². The molecule has 1 saturated heterocycles. The van der Waals surface area contributed by atoms with Gasteiger partial charge in [0.1, 0.15) is 6.23 Å². The summed E-state index contributed by atoms with van der Waals surface area (Å²) in [5, 5.41) is 10.2. The molecule has 4 nitrogen and oxygen atoms in total. The molecular weight excluding hydrogens is 240 g/mol. The van der Waals surface area contributed by atoms with E-state index < -0.39 is 6.23 Å². The molecule has 1 rings (SSSR count). The number of aliphatic hydroxyl groups is 1. The van der Waals surface area contributed by atoms with Crippen molar-refractivity contribution in [3.63, 3.8) is 0 Å². The van der Waals surface area contributed by atoms with Crippen LogP contribution in [0.3, 0.4) is 0 Å². The maximum absolute atomic E-state index is 11.3. The molecule has 3 N–H and O–H groups in total. The Balaban J connectivity index is 2.30. The summed E-state index contributed by atoms with van der Waals surface area (Å²) in [5.74, 6) is 0.157. The number of nitrogens with zero attached hydrogens (tertiary/aromatic N) is 1. The molecule has 110 valence electrons. The summed E-state index contributed by atoms with van der Waals surface area (Å²) >= 11 is 0. The zero-order chi connectivity index (χ0) is 14.3. The van der Waals surface area contributed by atoms with Crippen LogP contribution < -0.4 is 5.73 Å². The summed E-state index contributed by atoms with van der Waals surface area (Å²) in [7, 11) is 0. The van der Waals surface area contributed by atoms with Crippen LogP contribution in [0.1, 0.15) is 51.9 Å². The van der Waals surface area contributed by atoms with E-state index in [9.17, 15) is 9.90 Å². The van der Waals surface area contributed by atoms with Gasteiger partial charge in [-0.15, -0.1) is 6.58 Å². The molecular formula is C15H28N2O2. The Morgan fingerprint density at radius 2 is 2.32 bits per heavy atom. The molecule has 1 aliphatic rings. The Kier molecular flexibility index (Phi) is 7.10. The van der Waals surface area contributed by atoms with E-state index in [1.165, 1.54) is 6.42 Å². The van der Waals surface area contributed by atoms with E-state index in [4.69, 9.17) is 5.73 Å². The summed E-state index contributed by atoms with van der Waals surface area (Å²) in [6, 6.07) is -0.275. The molecule has 19 heavy (non-hydrogen) atoms. The number of rotatable bonds is 9. The molecule has 0 aromatic heterocycles. The van der Waals surface area contributed by atoms with Crippen molar-refractivity contribution in [1.29, 1.82) is 0 Å². The fraction of sp³-hybridized carbons (Fsp3) is 0.800. The highest BCUT2D eigenvalue weighted by Gasteiger charge is 2.33. The average Bonchev–Trinajstić information content (AvgIpc) is 2.84. The zero-order valence-electron chi connectivity index (χ0n) is 12.1. The van der Waals surface area contributed by atoms with Crippen LogP contribution in [0.25, 0.3) is 0 Å². The SMILES string of the molecule is C=CCCCC[C@@H](C)CC(O)N1CCC[C@H]1C(N)=O. The minimum atomic E-state index is -0.533. The third kappa shape index (κ3) is 5.33. The van der Waals surface area contributed by atoms with Gasteiger partial charge in [-0.3, -0.25) is 9.69 Å². The number of carbonyl (C=O) groups excluding carboxylic acids is 1. The van der Waals surface area contributed by atoms with Gasteiger partial charge in [-0.25, -0.2) is 0 Å². The van der Waals surface area contributed by atoms with E-state index in [-0.39, 0.29) is 11.9 Å². The molecule has 0 saturated carbocycles. The van der Waals surface area contributed by atoms with Gasteiger partial charge in [0.2, 0.25) is 5.91 Å². The van der Waals surface area contributed by atoms with Crippen molar-refractivity contribution in [2.75, 3.05) is 6.54 Å². The summed E-state index contributed by atoms with van der Waals surface area (Å²) < 4.78 is 0. The van der Waals surface area contributed by atoms with E-state index >= 15 is 0 Å². The Bertz CT molecular complexity index is 294. The quantitative estimate of drug-likeness (QED) is 0.496. The molecule has 1 amide bonds. The van der Waals surface area contributed by atoms with Gasteiger partial charge in [-0.1, -0.05) is 25.8 Å². The van der Waals surface area contributed by atoms with E-state index in [0.29, 0.717) is 5.92 Å². The van der Waals surface area contributed by atoms with Crippen LogP contribution in [0, 0.1) is 5.92 Å². The molecule has 0 spiro atoms. The normalized spacial score (nSPS) is 23.2. The number of amides is 1. The monoisotopic (exact) mass is 268 g/mol. The van der Waals surface area contributed by atoms with Crippen molar-refractivity contribution in [3.8, 4) is 0 Å². The van der Waals surface area contributed by atoms with Crippen molar-refractivity contribution in [3.05, 3.63) is 12.7 Å². The number of unbranched alkanes of at least 4 members (excludes halogenated alkanes) is 2. The largest absolute Gasteiger partial charge is 0.378 e. The molecule has 1 aliphatic heterocycles. The zero-order valence-corrected chi connectivity index (χ0v) is 12.1. The van der Waals surface area contributed by atoms with Crippen LogP contribution in [-0.2, 0) is 4.79 Å². The third-order valence-electron chi connectivity index (χ3n) is 3.97. The number of hydrogen-bond donors (Lipinski definition) is 2. The van der Waals surface area contributed by atoms with E-state index in [1.807, 2.05) is 11.0 Å². The van der Waals surface area contributed by atoms with E-state index in [1.54, 1.807) is 0 Å². The topological polar surface area (TPSA) is 66.6 Å². The predicted molar refractivity (Wildman–Crippen MR) is 77.4 cm³/mol. The fourth-order valence-electron chi connectivity index (χ4n) is 2.85. The van der Waals surface area contributed by atoms with Crippen LogP contribution in [-0.4, -0.2) is 34.7 Å². The molecule has 0 radical (unpaired) electrons. The van der Waals surface area contributed by atoms with Gasteiger partial charge in [0.25, 0.3) is 0 Å². The predicted octanol–water partition coefficient (Wildman–Crippen LogP) is 2.03. The minimum absolute atomic E-state index is 0.275. The van der Waals surface area contributed by atoms with Gasteiger partial charge in [-0.2, -0.15) is 0 Å². The number of carbonyl (C=O) groups is 1. The Hall–Kier alpha value is -0.870. The lowest BCUT2D eigenvalue weighted by molar-refractivity contribution is -0.126. The third-order valence-corrected chi connectivity index (χ3v) is 3.97. The number of primary amides is 1. The Labute approximate surface area is 116 Å². The van der Waals surface area contributed by atoms with E-state index in [2.05, 4.69) is 13.5 Å². The Morgan fingerprint density at radius 1 is 1.58 bits per heavy atom. The molecule has 0 aromatic carbocycles. The second-order valence-electron chi connectivity index (χ2n) is 5.69. The molecule has 0 bridgehead atoms. The number of nitrogens with two attached hydrogens (primary N) is 1. The van der Waals surface area contributed by atoms with Gasteiger partial charge in [0, 0.05) is 6.54 Å². The first-order valence-electron chi connectivity index (χ1n) is 7.40. The van der Waals surface area contributed by atoms with Gasteiger partial charge >= 0.3 is 0 Å². The lowest BCUT2D eigenvalue weighted by Crippen LogP contribution is -2.46. The van der Waals surface area contributed by atoms with Gasteiger partial charge < -0.3 is 10.8 Å². The maximum atomic E-state index is 11.3. The highest BCUT2D eigenvalue weighted by atomic mass is 16.3. The van der Waals surface area contributed by atoms with Gasteiger partial charge in [0.15, 0.2) is 0 Å². The first-order chi connectivity index (χ1) is 9.06. The number of allylic oxidation sites excluding steroid dienone is 1. The molecule has 0 aliphatic carbocycles. The number of hydrogen-bond acceptors (Lipinski definition) is 3. The van der Waals surface area contributed by atoms with Crippen LogP contribution in [0.15, 0.2) is 12.7 Å². The first kappa shape index (κ1) is 16.2. The number of aliphatic hydroxyl groups excluding tert-OH is 1. The molecule has 3 atom stereocenters. The molecule has 1 unspecified atom stereocenters. The van der Waals surface area contributed by atoms with Crippen LogP contribution in [0.2, 0.25) is 0 Å². The summed E-state index contributed by atoms with van der Waals surface area (Å²) in [5.41, 5.74) is 5.37. The standard InChI is InChI=1S/C15H28N2O2/c1-3-4-5-6-8-12(2)11-14(18)17-10-7-9-13(17)15(16)19/h3,12-14,18H,1,4-11H2,2H3,(H2,16,19)/t12-,13+,14?/m1/s1. The van der Waals surface area contributed by atoms with Crippen LogP contribution in [0.4, 0.5) is 0 Å². The van der Waals surface area contributed by atoms with E-state index in [0.717, 1.165) is 45.1 Å². The van der Waals surface area contributed by atoms with Crippen molar-refractivity contribution >= 4 is 5.91 Å². The second kappa shape index (κ2) is 8.33. The molecule has 4 heteroatoms. The van der Waals surface area contributed by atoms with Gasteiger partial charge in [0.05, 0.1) is 6.04 Å². The summed E-state index contributed by atoms with van der Waals surface area (Å²) in [4.78, 5) is 13.2.